The van der Waals surface area contributed by atoms with Gasteiger partial charge in [-0.05, 0) is 25.3 Å². The normalized spacial score (nSPS) is 21.6. The maximum Gasteiger partial charge on any atom is 0.123 e. The van der Waals surface area contributed by atoms with Crippen LogP contribution in [0.1, 0.15) is 37.8 Å². The van der Waals surface area contributed by atoms with Gasteiger partial charge in [0.25, 0.3) is 0 Å². The SMILES string of the molecule is CCC(NC1CCCOC1)c1ccccc1OC. The van der Waals surface area contributed by atoms with Gasteiger partial charge in [0.1, 0.15) is 5.75 Å². The van der Waals surface area contributed by atoms with Crippen LogP contribution in [0.25, 0.3) is 0 Å². The summed E-state index contributed by atoms with van der Waals surface area (Å²) in [7, 11) is 1.73. The number of hydrogen-bond acceptors (Lipinski definition) is 3. The lowest BCUT2D eigenvalue weighted by Gasteiger charge is -2.29. The summed E-state index contributed by atoms with van der Waals surface area (Å²) >= 11 is 0. The van der Waals surface area contributed by atoms with E-state index in [0.717, 1.165) is 31.8 Å². The molecule has 0 amide bonds. The van der Waals surface area contributed by atoms with E-state index in [9.17, 15) is 0 Å². The molecule has 1 saturated heterocycles. The Hall–Kier alpha value is -1.06. The van der Waals surface area contributed by atoms with Gasteiger partial charge < -0.3 is 14.8 Å². The number of methoxy groups -OCH3 is 1. The summed E-state index contributed by atoms with van der Waals surface area (Å²) < 4.78 is 11.0. The summed E-state index contributed by atoms with van der Waals surface area (Å²) in [6.07, 6.45) is 3.41. The van der Waals surface area contributed by atoms with Gasteiger partial charge in [0.05, 0.1) is 13.7 Å². The van der Waals surface area contributed by atoms with E-state index in [4.69, 9.17) is 9.47 Å². The molecule has 0 saturated carbocycles. The Morgan fingerprint density at radius 3 is 2.94 bits per heavy atom. The quantitative estimate of drug-likeness (QED) is 0.870. The summed E-state index contributed by atoms with van der Waals surface area (Å²) in [5, 5.41) is 3.69. The first kappa shape index (κ1) is 13.4. The molecule has 0 bridgehead atoms. The minimum atomic E-state index is 0.341. The highest BCUT2D eigenvalue weighted by Crippen LogP contribution is 2.27. The predicted molar refractivity (Wildman–Crippen MR) is 73.0 cm³/mol. The van der Waals surface area contributed by atoms with Crippen molar-refractivity contribution >= 4 is 0 Å². The van der Waals surface area contributed by atoms with E-state index in [2.05, 4.69) is 24.4 Å². The van der Waals surface area contributed by atoms with Crippen molar-refractivity contribution in [2.24, 2.45) is 0 Å². The van der Waals surface area contributed by atoms with Crippen molar-refractivity contribution in [3.63, 3.8) is 0 Å². The van der Waals surface area contributed by atoms with Gasteiger partial charge >= 0.3 is 0 Å². The Balaban J connectivity index is 2.07. The zero-order valence-corrected chi connectivity index (χ0v) is 11.3. The van der Waals surface area contributed by atoms with Crippen molar-refractivity contribution in [3.8, 4) is 5.75 Å². The molecule has 2 rings (SSSR count). The fraction of sp³-hybridized carbons (Fsp3) is 0.600. The highest BCUT2D eigenvalue weighted by atomic mass is 16.5. The second kappa shape index (κ2) is 6.76. The van der Waals surface area contributed by atoms with Crippen LogP contribution in [0.3, 0.4) is 0 Å². The first-order valence-electron chi connectivity index (χ1n) is 6.81. The van der Waals surface area contributed by atoms with Crippen LogP contribution in [0.2, 0.25) is 0 Å². The van der Waals surface area contributed by atoms with Crippen LogP contribution in [0.15, 0.2) is 24.3 Å². The van der Waals surface area contributed by atoms with Crippen molar-refractivity contribution in [1.82, 2.24) is 5.32 Å². The molecule has 1 fully saturated rings. The average Bonchev–Trinajstić information content (AvgIpc) is 2.46. The van der Waals surface area contributed by atoms with Crippen molar-refractivity contribution in [1.29, 1.82) is 0 Å². The highest BCUT2D eigenvalue weighted by molar-refractivity contribution is 5.35. The number of hydrogen-bond donors (Lipinski definition) is 1. The topological polar surface area (TPSA) is 30.5 Å². The van der Waals surface area contributed by atoms with Gasteiger partial charge in [0.2, 0.25) is 0 Å². The molecule has 0 aromatic heterocycles. The van der Waals surface area contributed by atoms with Crippen LogP contribution in [0.4, 0.5) is 0 Å². The Bertz CT molecular complexity index is 361. The van der Waals surface area contributed by atoms with Crippen LogP contribution >= 0.6 is 0 Å². The highest BCUT2D eigenvalue weighted by Gasteiger charge is 2.20. The van der Waals surface area contributed by atoms with E-state index in [1.54, 1.807) is 7.11 Å². The fourth-order valence-electron chi connectivity index (χ4n) is 2.54. The average molecular weight is 249 g/mol. The van der Waals surface area contributed by atoms with Gasteiger partial charge in [0, 0.05) is 24.3 Å². The molecule has 1 heterocycles. The van der Waals surface area contributed by atoms with E-state index >= 15 is 0 Å². The second-order valence-electron chi connectivity index (χ2n) is 4.78. The molecule has 2 unspecified atom stereocenters. The third-order valence-electron chi connectivity index (χ3n) is 3.52. The van der Waals surface area contributed by atoms with E-state index in [1.807, 2.05) is 12.1 Å². The Morgan fingerprint density at radius 2 is 2.28 bits per heavy atom. The molecule has 1 aliphatic heterocycles. The summed E-state index contributed by atoms with van der Waals surface area (Å²) in [6.45, 7) is 3.93. The Kier molecular flexibility index (Phi) is 5.02. The molecule has 0 spiro atoms. The Labute approximate surface area is 109 Å². The second-order valence-corrected chi connectivity index (χ2v) is 4.78. The fourth-order valence-corrected chi connectivity index (χ4v) is 2.54. The van der Waals surface area contributed by atoms with Crippen molar-refractivity contribution in [2.45, 2.75) is 38.3 Å². The summed E-state index contributed by atoms with van der Waals surface area (Å²) in [5.74, 6) is 0.966. The van der Waals surface area contributed by atoms with Gasteiger partial charge in [0.15, 0.2) is 0 Å². The maximum atomic E-state index is 5.53. The molecular formula is C15H23NO2. The third kappa shape index (κ3) is 3.24. The van der Waals surface area contributed by atoms with Gasteiger partial charge in [-0.2, -0.15) is 0 Å². The van der Waals surface area contributed by atoms with Crippen molar-refractivity contribution in [2.75, 3.05) is 20.3 Å². The summed E-state index contributed by atoms with van der Waals surface area (Å²) in [5.41, 5.74) is 1.24. The monoisotopic (exact) mass is 249 g/mol. The van der Waals surface area contributed by atoms with Crippen LogP contribution in [0, 0.1) is 0 Å². The molecule has 18 heavy (non-hydrogen) atoms. The molecule has 0 radical (unpaired) electrons. The van der Waals surface area contributed by atoms with Crippen LogP contribution in [0.5, 0.6) is 5.75 Å². The van der Waals surface area contributed by atoms with Crippen LogP contribution < -0.4 is 10.1 Å². The molecule has 3 heteroatoms. The number of rotatable bonds is 5. The van der Waals surface area contributed by atoms with Crippen LogP contribution in [-0.2, 0) is 4.74 Å². The Morgan fingerprint density at radius 1 is 1.44 bits per heavy atom. The molecule has 0 aliphatic carbocycles. The zero-order chi connectivity index (χ0) is 12.8. The van der Waals surface area contributed by atoms with E-state index in [-0.39, 0.29) is 0 Å². The molecule has 1 aliphatic rings. The van der Waals surface area contributed by atoms with Gasteiger partial charge in [-0.15, -0.1) is 0 Å². The largest absolute Gasteiger partial charge is 0.496 e. The molecule has 2 atom stereocenters. The van der Waals surface area contributed by atoms with Crippen molar-refractivity contribution < 1.29 is 9.47 Å². The molecule has 1 aromatic carbocycles. The number of benzene rings is 1. The third-order valence-corrected chi connectivity index (χ3v) is 3.52. The number of ether oxygens (including phenoxy) is 2. The zero-order valence-electron chi connectivity index (χ0n) is 11.3. The standard InChI is InChI=1S/C15H23NO2/c1-3-14(16-12-7-6-10-18-11-12)13-8-4-5-9-15(13)17-2/h4-5,8-9,12,14,16H,3,6-7,10-11H2,1-2H3. The predicted octanol–water partition coefficient (Wildman–Crippen LogP) is 2.91. The lowest BCUT2D eigenvalue weighted by Crippen LogP contribution is -2.39. The minimum absolute atomic E-state index is 0.341. The summed E-state index contributed by atoms with van der Waals surface area (Å²) in [4.78, 5) is 0. The van der Waals surface area contributed by atoms with E-state index < -0.39 is 0 Å². The van der Waals surface area contributed by atoms with Gasteiger partial charge in [-0.1, -0.05) is 25.1 Å². The smallest absolute Gasteiger partial charge is 0.123 e. The first-order valence-corrected chi connectivity index (χ1v) is 6.81. The molecular weight excluding hydrogens is 226 g/mol. The number of nitrogens with one attached hydrogen (secondary N) is 1. The summed E-state index contributed by atoms with van der Waals surface area (Å²) in [6, 6.07) is 9.06. The van der Waals surface area contributed by atoms with Gasteiger partial charge in [-0.25, -0.2) is 0 Å². The molecule has 100 valence electrons. The van der Waals surface area contributed by atoms with E-state index in [1.165, 1.54) is 12.0 Å². The molecule has 3 nitrogen and oxygen atoms in total. The first-order chi connectivity index (χ1) is 8.85. The van der Waals surface area contributed by atoms with Crippen molar-refractivity contribution in [3.05, 3.63) is 29.8 Å². The minimum Gasteiger partial charge on any atom is -0.496 e. The van der Waals surface area contributed by atoms with Gasteiger partial charge in [-0.3, -0.25) is 0 Å². The maximum absolute atomic E-state index is 5.53. The number of para-hydroxylation sites is 1. The lowest BCUT2D eigenvalue weighted by atomic mass is 10.0. The van der Waals surface area contributed by atoms with E-state index in [0.29, 0.717) is 12.1 Å². The lowest BCUT2D eigenvalue weighted by molar-refractivity contribution is 0.0659. The molecule has 1 aromatic rings. The van der Waals surface area contributed by atoms with Crippen LogP contribution in [-0.4, -0.2) is 26.4 Å². The molecule has 1 N–H and O–H groups in total.